The lowest BCUT2D eigenvalue weighted by atomic mass is 9.97. The highest BCUT2D eigenvalue weighted by molar-refractivity contribution is 6.06. The fraction of sp³-hybridized carbons (Fsp3) is 0.200. The summed E-state index contributed by atoms with van der Waals surface area (Å²) in [6.45, 7) is 2.31. The standard InChI is InChI=1S/C30H27F4N7O2/c1-16-20(13-17(14-24(16)34)28(42)37-19-9-7-18(31)8-10-19)25-21-15-36-30(43)41(26-22(32)5-4-6-23(26)33)27(21)39-29(38-25)35-11-12-40(2)3/h4-10,13-14H,11-12,15H2,1-3H3,(H,36,43)(H,37,42)(H,35,38,39). The van der Waals surface area contributed by atoms with Crippen molar-refractivity contribution in [3.63, 3.8) is 0 Å². The van der Waals surface area contributed by atoms with Crippen molar-refractivity contribution in [3.8, 4) is 11.3 Å². The van der Waals surface area contributed by atoms with E-state index in [0.29, 0.717) is 18.8 Å². The molecule has 1 aliphatic rings. The Morgan fingerprint density at radius 2 is 1.70 bits per heavy atom. The van der Waals surface area contributed by atoms with E-state index >= 15 is 4.39 Å². The Morgan fingerprint density at radius 3 is 2.37 bits per heavy atom. The van der Waals surface area contributed by atoms with Gasteiger partial charge in [-0.25, -0.2) is 32.2 Å². The molecule has 3 amide bonds. The Morgan fingerprint density at radius 1 is 1.00 bits per heavy atom. The van der Waals surface area contributed by atoms with E-state index in [1.54, 1.807) is 0 Å². The summed E-state index contributed by atoms with van der Waals surface area (Å²) in [5, 5.41) is 8.23. The number of urea groups is 1. The molecule has 222 valence electrons. The molecule has 1 aromatic heterocycles. The number of halogens is 4. The van der Waals surface area contributed by atoms with Crippen LogP contribution in [0.25, 0.3) is 11.3 Å². The molecule has 43 heavy (non-hydrogen) atoms. The van der Waals surface area contributed by atoms with Crippen LogP contribution in [-0.4, -0.2) is 54.0 Å². The molecule has 0 bridgehead atoms. The van der Waals surface area contributed by atoms with E-state index < -0.39 is 40.9 Å². The Kier molecular flexibility index (Phi) is 8.26. The lowest BCUT2D eigenvalue weighted by Gasteiger charge is -2.31. The van der Waals surface area contributed by atoms with Gasteiger partial charge in [-0.15, -0.1) is 0 Å². The number of carbonyl (C=O) groups is 2. The molecule has 0 radical (unpaired) electrons. The van der Waals surface area contributed by atoms with Gasteiger partial charge in [0, 0.05) is 35.5 Å². The van der Waals surface area contributed by atoms with Crippen molar-refractivity contribution in [2.75, 3.05) is 42.7 Å². The Bertz CT molecular complexity index is 1690. The van der Waals surface area contributed by atoms with E-state index in [-0.39, 0.29) is 46.3 Å². The first-order valence-electron chi connectivity index (χ1n) is 13.2. The molecule has 0 fully saturated rings. The number of fused-ring (bicyclic) bond motifs is 1. The second kappa shape index (κ2) is 12.1. The van der Waals surface area contributed by atoms with E-state index in [1.165, 1.54) is 43.3 Å². The molecule has 4 aromatic rings. The highest BCUT2D eigenvalue weighted by Gasteiger charge is 2.34. The van der Waals surface area contributed by atoms with Gasteiger partial charge in [0.2, 0.25) is 5.95 Å². The number of benzene rings is 3. The third-order valence-electron chi connectivity index (χ3n) is 6.78. The van der Waals surface area contributed by atoms with Crippen LogP contribution in [0.4, 0.5) is 45.5 Å². The number of amides is 3. The summed E-state index contributed by atoms with van der Waals surface area (Å²) in [5.74, 6) is -3.94. The van der Waals surface area contributed by atoms with Gasteiger partial charge in [0.05, 0.1) is 12.2 Å². The summed E-state index contributed by atoms with van der Waals surface area (Å²) < 4.78 is 58.5. The second-order valence-electron chi connectivity index (χ2n) is 10.1. The third kappa shape index (κ3) is 6.11. The number of nitrogens with one attached hydrogen (secondary N) is 3. The van der Waals surface area contributed by atoms with Crippen molar-refractivity contribution in [2.24, 2.45) is 0 Å². The molecule has 3 aromatic carbocycles. The molecule has 0 spiro atoms. The molecule has 0 saturated heterocycles. The minimum atomic E-state index is -0.994. The number of rotatable bonds is 8. The average Bonchev–Trinajstić information content (AvgIpc) is 2.96. The average molecular weight is 594 g/mol. The first-order chi connectivity index (χ1) is 20.5. The number of para-hydroxylation sites is 1. The molecule has 3 N–H and O–H groups in total. The zero-order valence-electron chi connectivity index (χ0n) is 23.4. The lowest BCUT2D eigenvalue weighted by molar-refractivity contribution is 0.102. The molecule has 5 rings (SSSR count). The molecule has 0 atom stereocenters. The Hall–Kier alpha value is -5.04. The maximum atomic E-state index is 15.3. The number of aromatic nitrogens is 2. The van der Waals surface area contributed by atoms with E-state index in [9.17, 15) is 22.8 Å². The molecule has 13 heteroatoms. The molecular formula is C30H27F4N7O2. The summed E-state index contributed by atoms with van der Waals surface area (Å²) >= 11 is 0. The number of likely N-dealkylation sites (N-methyl/N-ethyl adjacent to an activating group) is 1. The van der Waals surface area contributed by atoms with Crippen LogP contribution >= 0.6 is 0 Å². The van der Waals surface area contributed by atoms with Crippen molar-refractivity contribution >= 4 is 35.1 Å². The van der Waals surface area contributed by atoms with Gasteiger partial charge in [0.15, 0.2) is 5.82 Å². The highest BCUT2D eigenvalue weighted by Crippen LogP contribution is 2.39. The molecule has 9 nitrogen and oxygen atoms in total. The lowest BCUT2D eigenvalue weighted by Crippen LogP contribution is -2.43. The summed E-state index contributed by atoms with van der Waals surface area (Å²) in [4.78, 5) is 37.9. The smallest absolute Gasteiger partial charge is 0.328 e. The fourth-order valence-corrected chi connectivity index (χ4v) is 4.55. The molecule has 1 aliphatic heterocycles. The largest absolute Gasteiger partial charge is 0.353 e. The quantitative estimate of drug-likeness (QED) is 0.230. The normalized spacial score (nSPS) is 12.7. The molecule has 0 saturated carbocycles. The van der Waals surface area contributed by atoms with Crippen LogP contribution in [0.1, 0.15) is 21.5 Å². The van der Waals surface area contributed by atoms with Gasteiger partial charge in [-0.05, 0) is 75.1 Å². The maximum absolute atomic E-state index is 15.3. The van der Waals surface area contributed by atoms with Gasteiger partial charge in [-0.1, -0.05) is 6.07 Å². The van der Waals surface area contributed by atoms with Crippen molar-refractivity contribution in [1.29, 1.82) is 0 Å². The summed E-state index contributed by atoms with van der Waals surface area (Å²) in [7, 11) is 3.73. The zero-order valence-corrected chi connectivity index (χ0v) is 23.4. The fourth-order valence-electron chi connectivity index (χ4n) is 4.55. The van der Waals surface area contributed by atoms with E-state index in [1.807, 2.05) is 19.0 Å². The molecule has 0 aliphatic carbocycles. The van der Waals surface area contributed by atoms with Crippen LogP contribution in [0.5, 0.6) is 0 Å². The number of anilines is 4. The van der Waals surface area contributed by atoms with Gasteiger partial charge in [-0.3, -0.25) is 4.79 Å². The highest BCUT2D eigenvalue weighted by atomic mass is 19.1. The van der Waals surface area contributed by atoms with E-state index in [0.717, 1.165) is 23.1 Å². The van der Waals surface area contributed by atoms with Crippen LogP contribution in [0.15, 0.2) is 54.6 Å². The third-order valence-corrected chi connectivity index (χ3v) is 6.78. The number of hydrogen-bond donors (Lipinski definition) is 3. The Labute approximate surface area is 244 Å². The minimum Gasteiger partial charge on any atom is -0.353 e. The van der Waals surface area contributed by atoms with Crippen LogP contribution in [0, 0.1) is 30.2 Å². The summed E-state index contributed by atoms with van der Waals surface area (Å²) in [6, 6.07) is 9.94. The topological polar surface area (TPSA) is 102 Å². The second-order valence-corrected chi connectivity index (χ2v) is 10.1. The monoisotopic (exact) mass is 593 g/mol. The van der Waals surface area contributed by atoms with Crippen LogP contribution in [0.3, 0.4) is 0 Å². The van der Waals surface area contributed by atoms with Gasteiger partial charge in [0.1, 0.15) is 29.0 Å². The van der Waals surface area contributed by atoms with E-state index in [2.05, 4.69) is 25.9 Å². The minimum absolute atomic E-state index is 0.0213. The number of carbonyl (C=O) groups excluding carboxylic acids is 2. The van der Waals surface area contributed by atoms with Gasteiger partial charge in [-0.2, -0.15) is 4.98 Å². The first kappa shape index (κ1) is 29.5. The Balaban J connectivity index is 1.66. The molecule has 0 unspecified atom stereocenters. The van der Waals surface area contributed by atoms with Gasteiger partial charge < -0.3 is 20.9 Å². The predicted molar refractivity (Wildman–Crippen MR) is 154 cm³/mol. The zero-order chi connectivity index (χ0) is 30.8. The number of hydrogen-bond acceptors (Lipinski definition) is 6. The number of nitrogens with zero attached hydrogens (tertiary/aromatic N) is 4. The van der Waals surface area contributed by atoms with Crippen molar-refractivity contribution < 1.29 is 27.2 Å². The van der Waals surface area contributed by atoms with Crippen molar-refractivity contribution in [1.82, 2.24) is 20.2 Å². The van der Waals surface area contributed by atoms with Gasteiger partial charge >= 0.3 is 6.03 Å². The molecule has 2 heterocycles. The van der Waals surface area contributed by atoms with Crippen LogP contribution in [-0.2, 0) is 6.54 Å². The van der Waals surface area contributed by atoms with Gasteiger partial charge in [0.25, 0.3) is 5.91 Å². The summed E-state index contributed by atoms with van der Waals surface area (Å²) in [6.07, 6.45) is 0. The maximum Gasteiger partial charge on any atom is 0.328 e. The first-order valence-corrected chi connectivity index (χ1v) is 13.2. The van der Waals surface area contributed by atoms with Crippen LogP contribution < -0.4 is 20.9 Å². The van der Waals surface area contributed by atoms with E-state index in [4.69, 9.17) is 0 Å². The SMILES string of the molecule is Cc1c(F)cc(C(=O)Nc2ccc(F)cc2)cc1-c1nc(NCCN(C)C)nc2c1CNC(=O)N2c1c(F)cccc1F. The summed E-state index contributed by atoms with van der Waals surface area (Å²) in [5.41, 5.74) is 0.327. The van der Waals surface area contributed by atoms with Crippen LogP contribution in [0.2, 0.25) is 0 Å². The molecular weight excluding hydrogens is 566 g/mol. The van der Waals surface area contributed by atoms with Crippen molar-refractivity contribution in [2.45, 2.75) is 13.5 Å². The predicted octanol–water partition coefficient (Wildman–Crippen LogP) is 5.60. The van der Waals surface area contributed by atoms with Crippen molar-refractivity contribution in [3.05, 3.63) is 94.6 Å².